The highest BCUT2D eigenvalue weighted by atomic mass is 32.2. The lowest BCUT2D eigenvalue weighted by Gasteiger charge is -2.22. The van der Waals surface area contributed by atoms with Gasteiger partial charge < -0.3 is 0 Å². The summed E-state index contributed by atoms with van der Waals surface area (Å²) in [6, 6.07) is 15.0. The number of rotatable bonds is 6. The van der Waals surface area contributed by atoms with E-state index in [-0.39, 0.29) is 0 Å². The molecule has 0 aliphatic carbocycles. The maximum Gasteiger partial charge on any atom is 0.243 e. The summed E-state index contributed by atoms with van der Waals surface area (Å²) >= 11 is 1.59. The third-order valence-electron chi connectivity index (χ3n) is 3.78. The van der Waals surface area contributed by atoms with Crippen LogP contribution in [0.5, 0.6) is 0 Å². The number of benzene rings is 2. The second-order valence-electron chi connectivity index (χ2n) is 5.45. The zero-order chi connectivity index (χ0) is 16.3. The average molecular weight is 345 g/mol. The Labute approximate surface area is 141 Å². The van der Waals surface area contributed by atoms with Gasteiger partial charge in [-0.2, -0.15) is 15.6 Å². The van der Waals surface area contributed by atoms with E-state index in [1.165, 1.54) is 0 Å². The smallest absolute Gasteiger partial charge is 0.207 e. The molecular weight excluding hydrogens is 326 g/mol. The molecule has 1 aromatic heterocycles. The molecule has 3 rings (SSSR count). The highest BCUT2D eigenvalue weighted by molar-refractivity contribution is 7.89. The number of sulfonamides is 1. The molecule has 0 saturated carbocycles. The molecule has 0 saturated heterocycles. The lowest BCUT2D eigenvalue weighted by atomic mass is 10.1. The van der Waals surface area contributed by atoms with Crippen LogP contribution < -0.4 is 0 Å². The van der Waals surface area contributed by atoms with E-state index in [1.54, 1.807) is 21.7 Å². The zero-order valence-corrected chi connectivity index (χ0v) is 14.6. The Kier molecular flexibility index (Phi) is 4.80. The average Bonchev–Trinajstić information content (AvgIpc) is 3.07. The van der Waals surface area contributed by atoms with Crippen molar-refractivity contribution in [2.75, 3.05) is 6.54 Å². The molecule has 0 bridgehead atoms. The number of hydrogen-bond donors (Lipinski definition) is 0. The van der Waals surface area contributed by atoms with Gasteiger partial charge in [0.15, 0.2) is 0 Å². The molecule has 0 aliphatic rings. The Morgan fingerprint density at radius 3 is 2.57 bits per heavy atom. The fourth-order valence-electron chi connectivity index (χ4n) is 2.68. The van der Waals surface area contributed by atoms with E-state index in [0.29, 0.717) is 18.0 Å². The molecule has 2 aromatic carbocycles. The lowest BCUT2D eigenvalue weighted by molar-refractivity contribution is 0.406. The van der Waals surface area contributed by atoms with Gasteiger partial charge in [0.2, 0.25) is 10.0 Å². The molecule has 0 fully saturated rings. The standard InChI is InChI=1S/C18H19NO2S2/c1-2-11-19(13-15-10-12-22-14-15)23(20,21)18-9-5-7-16-6-3-4-8-17(16)18/h3-10,12,14H,2,11,13H2,1H3. The lowest BCUT2D eigenvalue weighted by Crippen LogP contribution is -2.31. The van der Waals surface area contributed by atoms with Crippen molar-refractivity contribution < 1.29 is 8.42 Å². The fraction of sp³-hybridized carbons (Fsp3) is 0.222. The van der Waals surface area contributed by atoms with E-state index in [0.717, 1.165) is 22.8 Å². The van der Waals surface area contributed by atoms with Crippen LogP contribution in [0.4, 0.5) is 0 Å². The molecule has 0 amide bonds. The van der Waals surface area contributed by atoms with Gasteiger partial charge in [-0.1, -0.05) is 43.3 Å². The minimum atomic E-state index is -3.53. The van der Waals surface area contributed by atoms with Gasteiger partial charge in [-0.15, -0.1) is 0 Å². The van der Waals surface area contributed by atoms with Crippen LogP contribution >= 0.6 is 11.3 Å². The third kappa shape index (κ3) is 3.32. The number of nitrogens with zero attached hydrogens (tertiary/aromatic N) is 1. The summed E-state index contributed by atoms with van der Waals surface area (Å²) < 4.78 is 28.0. The minimum Gasteiger partial charge on any atom is -0.207 e. The molecule has 0 atom stereocenters. The van der Waals surface area contributed by atoms with Crippen molar-refractivity contribution in [3.63, 3.8) is 0 Å². The maximum absolute atomic E-state index is 13.2. The molecule has 3 nitrogen and oxygen atoms in total. The monoisotopic (exact) mass is 345 g/mol. The third-order valence-corrected chi connectivity index (χ3v) is 6.41. The van der Waals surface area contributed by atoms with Gasteiger partial charge in [-0.3, -0.25) is 0 Å². The molecule has 0 spiro atoms. The van der Waals surface area contributed by atoms with Crippen molar-refractivity contribution in [3.8, 4) is 0 Å². The number of hydrogen-bond acceptors (Lipinski definition) is 3. The Bertz CT molecular complexity index is 881. The van der Waals surface area contributed by atoms with Crippen LogP contribution in [0, 0.1) is 0 Å². The Hall–Kier alpha value is -1.69. The van der Waals surface area contributed by atoms with Gasteiger partial charge >= 0.3 is 0 Å². The first-order valence-corrected chi connectivity index (χ1v) is 10.00. The van der Waals surface area contributed by atoms with E-state index in [1.807, 2.05) is 60.1 Å². The summed E-state index contributed by atoms with van der Waals surface area (Å²) in [6.07, 6.45) is 0.786. The molecular formula is C18H19NO2S2. The first-order valence-electron chi connectivity index (χ1n) is 7.62. The van der Waals surface area contributed by atoms with Crippen molar-refractivity contribution in [2.45, 2.75) is 24.8 Å². The zero-order valence-electron chi connectivity index (χ0n) is 13.0. The predicted molar refractivity (Wildman–Crippen MR) is 96.2 cm³/mol. The van der Waals surface area contributed by atoms with Crippen molar-refractivity contribution >= 4 is 32.1 Å². The predicted octanol–water partition coefficient (Wildman–Crippen LogP) is 4.50. The molecule has 0 N–H and O–H groups in total. The molecule has 0 radical (unpaired) electrons. The number of fused-ring (bicyclic) bond motifs is 1. The summed E-state index contributed by atoms with van der Waals surface area (Å²) in [4.78, 5) is 0.388. The van der Waals surface area contributed by atoms with Gasteiger partial charge in [0.1, 0.15) is 0 Å². The van der Waals surface area contributed by atoms with Crippen molar-refractivity contribution in [3.05, 3.63) is 64.9 Å². The largest absolute Gasteiger partial charge is 0.243 e. The van der Waals surface area contributed by atoms with E-state index >= 15 is 0 Å². The second kappa shape index (κ2) is 6.83. The van der Waals surface area contributed by atoms with E-state index in [4.69, 9.17) is 0 Å². The molecule has 5 heteroatoms. The summed E-state index contributed by atoms with van der Waals surface area (Å²) in [6.45, 7) is 2.93. The van der Waals surface area contributed by atoms with Crippen LogP contribution in [0.25, 0.3) is 10.8 Å². The first-order chi connectivity index (χ1) is 11.1. The van der Waals surface area contributed by atoms with Crippen LogP contribution in [-0.4, -0.2) is 19.3 Å². The van der Waals surface area contributed by atoms with E-state index < -0.39 is 10.0 Å². The Morgan fingerprint density at radius 2 is 1.83 bits per heavy atom. The molecule has 0 unspecified atom stereocenters. The number of thiophene rings is 1. The van der Waals surface area contributed by atoms with Crippen LogP contribution in [-0.2, 0) is 16.6 Å². The molecule has 23 heavy (non-hydrogen) atoms. The van der Waals surface area contributed by atoms with Gasteiger partial charge in [-0.05, 0) is 40.3 Å². The summed E-state index contributed by atoms with van der Waals surface area (Å²) in [5.74, 6) is 0. The molecule has 1 heterocycles. The first kappa shape index (κ1) is 16.2. The SMILES string of the molecule is CCCN(Cc1ccsc1)S(=O)(=O)c1cccc2ccccc12. The maximum atomic E-state index is 13.2. The van der Waals surface area contributed by atoms with Crippen molar-refractivity contribution in [1.82, 2.24) is 4.31 Å². The summed E-state index contributed by atoms with van der Waals surface area (Å²) in [5, 5.41) is 5.70. The minimum absolute atomic E-state index is 0.388. The Morgan fingerprint density at radius 1 is 1.04 bits per heavy atom. The normalized spacial score (nSPS) is 12.1. The molecule has 0 aliphatic heterocycles. The van der Waals surface area contributed by atoms with Gasteiger partial charge in [-0.25, -0.2) is 8.42 Å². The molecule has 120 valence electrons. The molecule has 3 aromatic rings. The van der Waals surface area contributed by atoms with Crippen LogP contribution in [0.2, 0.25) is 0 Å². The second-order valence-corrected chi connectivity index (χ2v) is 8.13. The van der Waals surface area contributed by atoms with Crippen molar-refractivity contribution in [2.24, 2.45) is 0 Å². The topological polar surface area (TPSA) is 37.4 Å². The highest BCUT2D eigenvalue weighted by Gasteiger charge is 2.25. The highest BCUT2D eigenvalue weighted by Crippen LogP contribution is 2.27. The summed E-state index contributed by atoms with van der Waals surface area (Å²) in [7, 11) is -3.53. The summed E-state index contributed by atoms with van der Waals surface area (Å²) in [5.41, 5.74) is 1.03. The van der Waals surface area contributed by atoms with Gasteiger partial charge in [0, 0.05) is 18.5 Å². The van der Waals surface area contributed by atoms with Crippen molar-refractivity contribution in [1.29, 1.82) is 0 Å². The van der Waals surface area contributed by atoms with E-state index in [2.05, 4.69) is 0 Å². The van der Waals surface area contributed by atoms with Crippen LogP contribution in [0.3, 0.4) is 0 Å². The van der Waals surface area contributed by atoms with E-state index in [9.17, 15) is 8.42 Å². The fourth-order valence-corrected chi connectivity index (χ4v) is 5.07. The Balaban J connectivity index is 2.06. The van der Waals surface area contributed by atoms with Gasteiger partial charge in [0.05, 0.1) is 4.90 Å². The van der Waals surface area contributed by atoms with Crippen LogP contribution in [0.1, 0.15) is 18.9 Å². The van der Waals surface area contributed by atoms with Gasteiger partial charge in [0.25, 0.3) is 0 Å². The van der Waals surface area contributed by atoms with Crippen LogP contribution in [0.15, 0.2) is 64.2 Å². The quantitative estimate of drug-likeness (QED) is 0.659.